The van der Waals surface area contributed by atoms with Gasteiger partial charge in [-0.15, -0.1) is 11.3 Å². The molecule has 0 unspecified atom stereocenters. The first-order valence-electron chi connectivity index (χ1n) is 8.49. The number of nitrogens with one attached hydrogen (secondary N) is 1. The first-order chi connectivity index (χ1) is 13.3. The monoisotopic (exact) mass is 372 g/mol. The van der Waals surface area contributed by atoms with Crippen LogP contribution in [-0.4, -0.2) is 24.3 Å². The topological polar surface area (TPSA) is 60.6 Å². The van der Waals surface area contributed by atoms with E-state index in [0.29, 0.717) is 0 Å². The molecule has 3 aromatic heterocycles. The van der Waals surface area contributed by atoms with Gasteiger partial charge >= 0.3 is 0 Å². The molecule has 7 heteroatoms. The highest BCUT2D eigenvalue weighted by molar-refractivity contribution is 7.14. The van der Waals surface area contributed by atoms with Crippen LogP contribution < -0.4 is 5.32 Å². The van der Waals surface area contributed by atoms with Gasteiger partial charge in [-0.3, -0.25) is 4.68 Å². The van der Waals surface area contributed by atoms with Crippen molar-refractivity contribution in [1.29, 1.82) is 0 Å². The number of thiazole rings is 1. The molecule has 0 amide bonds. The number of hydrogen-bond donors (Lipinski definition) is 1. The van der Waals surface area contributed by atoms with Gasteiger partial charge in [-0.05, 0) is 30.3 Å². The quantitative estimate of drug-likeness (QED) is 0.500. The van der Waals surface area contributed by atoms with Crippen molar-refractivity contribution >= 4 is 33.1 Å². The molecule has 3 heterocycles. The number of aryl methyl sites for hydroxylation is 1. The third-order valence-corrected chi connectivity index (χ3v) is 5.22. The minimum atomic E-state index is 0.868. The van der Waals surface area contributed by atoms with Gasteiger partial charge in [0.05, 0.1) is 23.7 Å². The maximum Gasteiger partial charge on any atom is 0.187 e. The van der Waals surface area contributed by atoms with Crippen LogP contribution >= 0.6 is 11.3 Å². The Morgan fingerprint density at radius 3 is 2.78 bits per heavy atom. The second-order valence-corrected chi connectivity index (χ2v) is 7.08. The Kier molecular flexibility index (Phi) is 3.72. The molecule has 1 N–H and O–H groups in total. The van der Waals surface area contributed by atoms with Gasteiger partial charge in [0.1, 0.15) is 0 Å². The predicted molar refractivity (Wildman–Crippen MR) is 109 cm³/mol. The summed E-state index contributed by atoms with van der Waals surface area (Å²) in [6.45, 7) is 0. The van der Waals surface area contributed by atoms with E-state index in [2.05, 4.69) is 57.2 Å². The summed E-state index contributed by atoms with van der Waals surface area (Å²) in [7, 11) is 1.95. The molecule has 0 spiro atoms. The summed E-state index contributed by atoms with van der Waals surface area (Å²) in [5.41, 5.74) is 5.24. The average molecular weight is 372 g/mol. The molecule has 27 heavy (non-hydrogen) atoms. The van der Waals surface area contributed by atoms with Gasteiger partial charge in [0, 0.05) is 47.1 Å². The number of benzene rings is 2. The van der Waals surface area contributed by atoms with Crippen molar-refractivity contribution in [2.45, 2.75) is 0 Å². The number of nitrogens with zero attached hydrogens (tertiary/aromatic N) is 5. The lowest BCUT2D eigenvalue weighted by molar-refractivity contribution is 0.797. The van der Waals surface area contributed by atoms with Crippen LogP contribution in [0.1, 0.15) is 0 Å². The van der Waals surface area contributed by atoms with Gasteiger partial charge in [-0.2, -0.15) is 5.10 Å². The van der Waals surface area contributed by atoms with Gasteiger partial charge in [0.2, 0.25) is 0 Å². The average Bonchev–Trinajstić information content (AvgIpc) is 3.44. The van der Waals surface area contributed by atoms with E-state index >= 15 is 0 Å². The maximum atomic E-state index is 4.72. The molecule has 0 bridgehead atoms. The Balaban J connectivity index is 1.37. The molecule has 0 saturated carbocycles. The van der Waals surface area contributed by atoms with E-state index in [9.17, 15) is 0 Å². The van der Waals surface area contributed by atoms with Crippen molar-refractivity contribution in [3.8, 4) is 16.9 Å². The minimum absolute atomic E-state index is 0.868. The lowest BCUT2D eigenvalue weighted by Crippen LogP contribution is -1.91. The van der Waals surface area contributed by atoms with Gasteiger partial charge in [-0.1, -0.05) is 12.1 Å². The fourth-order valence-electron chi connectivity index (χ4n) is 3.04. The Morgan fingerprint density at radius 1 is 1.07 bits per heavy atom. The number of hydrogen-bond acceptors (Lipinski definition) is 5. The molecule has 5 aromatic rings. The zero-order chi connectivity index (χ0) is 18.2. The van der Waals surface area contributed by atoms with Crippen molar-refractivity contribution in [2.75, 3.05) is 5.32 Å². The van der Waals surface area contributed by atoms with Crippen LogP contribution in [0.4, 0.5) is 10.8 Å². The Bertz CT molecular complexity index is 1200. The molecule has 6 nitrogen and oxygen atoms in total. The molecule has 2 aromatic carbocycles. The second-order valence-electron chi connectivity index (χ2n) is 6.22. The summed E-state index contributed by atoms with van der Waals surface area (Å²) in [5, 5.41) is 11.7. The number of anilines is 2. The molecule has 132 valence electrons. The molecule has 5 rings (SSSR count). The normalized spacial score (nSPS) is 11.1. The first-order valence-corrected chi connectivity index (χ1v) is 9.37. The smallest absolute Gasteiger partial charge is 0.187 e. The third kappa shape index (κ3) is 2.98. The van der Waals surface area contributed by atoms with E-state index in [4.69, 9.17) is 4.98 Å². The molecular weight excluding hydrogens is 356 g/mol. The molecule has 0 aliphatic carbocycles. The van der Waals surface area contributed by atoms with E-state index in [-0.39, 0.29) is 0 Å². The van der Waals surface area contributed by atoms with Crippen LogP contribution in [0.25, 0.3) is 27.8 Å². The summed E-state index contributed by atoms with van der Waals surface area (Å²) < 4.78 is 3.85. The molecular formula is C20H16N6S. The Labute approximate surface area is 159 Å². The lowest BCUT2D eigenvalue weighted by Gasteiger charge is -2.04. The number of fused-ring (bicyclic) bond motifs is 1. The van der Waals surface area contributed by atoms with Crippen molar-refractivity contribution in [1.82, 2.24) is 24.3 Å². The number of aromatic nitrogens is 5. The number of rotatable bonds is 4. The van der Waals surface area contributed by atoms with Gasteiger partial charge < -0.3 is 9.88 Å². The molecule has 0 radical (unpaired) electrons. The fourth-order valence-corrected chi connectivity index (χ4v) is 3.78. The standard InChI is InChI=1S/C20H16N6S/c1-25-19-7-4-16(10-15(19)11-22-25)23-20-24-18(12-27-20)14-2-5-17(6-3-14)26-9-8-21-13-26/h2-13H,1H3,(H,23,24). The Hall–Kier alpha value is -3.45. The van der Waals surface area contributed by atoms with Crippen molar-refractivity contribution in [3.63, 3.8) is 0 Å². The summed E-state index contributed by atoms with van der Waals surface area (Å²) in [5.74, 6) is 0. The fraction of sp³-hybridized carbons (Fsp3) is 0.0500. The van der Waals surface area contributed by atoms with E-state index in [1.165, 1.54) is 0 Å². The SMILES string of the molecule is Cn1ncc2cc(Nc3nc(-c4ccc(-n5ccnc5)cc4)cs3)ccc21. The van der Waals surface area contributed by atoms with Crippen LogP contribution in [0.5, 0.6) is 0 Å². The molecule has 0 aliphatic heterocycles. The molecule has 0 fully saturated rings. The zero-order valence-corrected chi connectivity index (χ0v) is 15.4. The largest absolute Gasteiger partial charge is 0.332 e. The van der Waals surface area contributed by atoms with Gasteiger partial charge in [0.25, 0.3) is 0 Å². The second kappa shape index (κ2) is 6.37. The summed E-state index contributed by atoms with van der Waals surface area (Å²) in [6.07, 6.45) is 7.36. The van der Waals surface area contributed by atoms with Crippen LogP contribution in [-0.2, 0) is 7.05 Å². The van der Waals surface area contributed by atoms with Crippen molar-refractivity contribution in [2.24, 2.45) is 7.05 Å². The van der Waals surface area contributed by atoms with Crippen LogP contribution in [0.3, 0.4) is 0 Å². The molecule has 0 atom stereocenters. The Morgan fingerprint density at radius 2 is 1.96 bits per heavy atom. The zero-order valence-electron chi connectivity index (χ0n) is 14.6. The third-order valence-electron chi connectivity index (χ3n) is 4.47. The molecule has 0 aliphatic rings. The number of imidazole rings is 1. The summed E-state index contributed by atoms with van der Waals surface area (Å²) in [6, 6.07) is 14.5. The minimum Gasteiger partial charge on any atom is -0.332 e. The van der Waals surface area contributed by atoms with E-state index in [1.54, 1.807) is 23.9 Å². The highest BCUT2D eigenvalue weighted by Gasteiger charge is 2.07. The van der Waals surface area contributed by atoms with Crippen LogP contribution in [0.2, 0.25) is 0 Å². The van der Waals surface area contributed by atoms with Crippen LogP contribution in [0.15, 0.2) is 72.8 Å². The van der Waals surface area contributed by atoms with Crippen molar-refractivity contribution in [3.05, 3.63) is 72.8 Å². The van der Waals surface area contributed by atoms with Crippen LogP contribution in [0, 0.1) is 0 Å². The van der Waals surface area contributed by atoms with E-state index < -0.39 is 0 Å². The van der Waals surface area contributed by atoms with Gasteiger partial charge in [-0.25, -0.2) is 9.97 Å². The first kappa shape index (κ1) is 15.8. The highest BCUT2D eigenvalue weighted by atomic mass is 32.1. The van der Waals surface area contributed by atoms with E-state index in [0.717, 1.165) is 38.7 Å². The predicted octanol–water partition coefficient (Wildman–Crippen LogP) is 4.63. The molecule has 0 saturated heterocycles. The lowest BCUT2D eigenvalue weighted by atomic mass is 10.1. The van der Waals surface area contributed by atoms with Crippen molar-refractivity contribution < 1.29 is 0 Å². The summed E-state index contributed by atoms with van der Waals surface area (Å²) in [4.78, 5) is 8.80. The summed E-state index contributed by atoms with van der Waals surface area (Å²) >= 11 is 1.59. The van der Waals surface area contributed by atoms with E-state index in [1.807, 2.05) is 34.8 Å². The maximum absolute atomic E-state index is 4.72. The highest BCUT2D eigenvalue weighted by Crippen LogP contribution is 2.29. The van der Waals surface area contributed by atoms with Gasteiger partial charge in [0.15, 0.2) is 5.13 Å².